The number of allylic oxidation sites excluding steroid dienone is 2. The van der Waals surface area contributed by atoms with E-state index >= 15 is 0 Å². The molecule has 0 radical (unpaired) electrons. The Morgan fingerprint density at radius 3 is 1.44 bits per heavy atom. The second-order valence-corrected chi connectivity index (χ2v) is 25.5. The summed E-state index contributed by atoms with van der Waals surface area (Å²) in [4.78, 5) is 0. The molecule has 0 saturated heterocycles. The molecule has 8 rings (SSSR count). The number of fused-ring (bicyclic) bond motifs is 3. The van der Waals surface area contributed by atoms with Gasteiger partial charge in [0.05, 0.1) is 0 Å². The van der Waals surface area contributed by atoms with Crippen molar-refractivity contribution in [3.05, 3.63) is 144 Å². The Labute approximate surface area is 399 Å². The molecule has 0 amide bonds. The smallest absolute Gasteiger partial charge is 1.00 e. The van der Waals surface area contributed by atoms with Crippen LogP contribution in [0, 0.1) is 27.7 Å². The van der Waals surface area contributed by atoms with Crippen molar-refractivity contribution in [1.82, 2.24) is 0 Å². The van der Waals surface area contributed by atoms with Gasteiger partial charge in [0, 0.05) is 0 Å². The van der Waals surface area contributed by atoms with Crippen LogP contribution < -0.4 is 29.6 Å². The predicted molar refractivity (Wildman–Crippen MR) is 256 cm³/mol. The third kappa shape index (κ3) is 8.69. The first-order chi connectivity index (χ1) is 28.0. The number of hydrogen-bond donors (Lipinski definition) is 0. The number of ether oxygens (including phenoxy) is 1. The second kappa shape index (κ2) is 17.3. The minimum atomic E-state index is -1.25. The topological polar surface area (TPSA) is 9.23 Å². The number of benzene rings is 5. The van der Waals surface area contributed by atoms with E-state index in [1.165, 1.54) is 95.4 Å². The molecular formula is C58H68Cl2OZr. The Kier molecular flexibility index (Phi) is 13.5. The first-order valence-electron chi connectivity index (χ1n) is 22.5. The van der Waals surface area contributed by atoms with Crippen LogP contribution in [0.15, 0.2) is 71.8 Å². The molecule has 0 aliphatic heterocycles. The summed E-state index contributed by atoms with van der Waals surface area (Å²) in [6.45, 7) is 35.2. The average Bonchev–Trinajstić information content (AvgIpc) is 3.82. The Morgan fingerprint density at radius 2 is 0.952 bits per heavy atom. The molecule has 0 heterocycles. The minimum Gasteiger partial charge on any atom is -1.00 e. The van der Waals surface area contributed by atoms with E-state index in [-0.39, 0.29) is 41.1 Å². The van der Waals surface area contributed by atoms with Crippen molar-refractivity contribution in [1.29, 1.82) is 0 Å². The van der Waals surface area contributed by atoms with Gasteiger partial charge in [-0.25, -0.2) is 0 Å². The van der Waals surface area contributed by atoms with Crippen molar-refractivity contribution in [3.63, 3.8) is 0 Å². The molecular weight excluding hydrogens is 875 g/mol. The maximum Gasteiger partial charge on any atom is -1.00 e. The summed E-state index contributed by atoms with van der Waals surface area (Å²) in [7, 11) is 1.89. The quantitative estimate of drug-likeness (QED) is 0.165. The maximum absolute atomic E-state index is 6.58. The molecule has 4 heteroatoms. The second-order valence-electron chi connectivity index (χ2n) is 21.8. The zero-order chi connectivity index (χ0) is 43.4. The molecule has 5 aromatic carbocycles. The zero-order valence-electron chi connectivity index (χ0n) is 40.4. The van der Waals surface area contributed by atoms with Crippen LogP contribution in [0.2, 0.25) is 0 Å². The molecule has 5 aromatic rings. The standard InChI is InChI=1S/C29H39O.C29H29.2ClH.Zr/c1-18-12-19-16-24(29(8,9)10)26(30-11)25(23(19)13-18)20-14-21(27(2,3)4)17-22(15-20)28(5,6)7;1-17-9-18(2)12-22(11-17)28-24-7-6-8-25(24)29(27-16-21(5)15-26(27)28)23-13-19(3)10-20(4)14-23;;;/h12-17H,1-11H3;9-16H,6-8H2,1-5H3;2*1H;/q;;;;+2/p-2. The van der Waals surface area contributed by atoms with Gasteiger partial charge in [0.1, 0.15) is 0 Å². The largest absolute Gasteiger partial charge is 1.00 e. The molecule has 0 N–H and O–H groups in total. The summed E-state index contributed by atoms with van der Waals surface area (Å²) in [5.74, 6) is 1.04. The third-order valence-corrected chi connectivity index (χ3v) is 18.9. The van der Waals surface area contributed by atoms with E-state index in [4.69, 9.17) is 4.74 Å². The Hall–Kier alpha value is -3.16. The van der Waals surface area contributed by atoms with Gasteiger partial charge < -0.3 is 24.8 Å². The van der Waals surface area contributed by atoms with Gasteiger partial charge in [-0.05, 0) is 0 Å². The first kappa shape index (κ1) is 48.3. The zero-order valence-corrected chi connectivity index (χ0v) is 44.3. The number of hydrogen-bond acceptors (Lipinski definition) is 1. The average molecular weight is 943 g/mol. The van der Waals surface area contributed by atoms with Gasteiger partial charge >= 0.3 is 377 Å². The summed E-state index contributed by atoms with van der Waals surface area (Å²) in [5.41, 5.74) is 30.3. The van der Waals surface area contributed by atoms with Crippen LogP contribution in [-0.4, -0.2) is 7.11 Å². The van der Waals surface area contributed by atoms with E-state index in [0.29, 0.717) is 7.25 Å². The normalized spacial score (nSPS) is 16.7. The molecule has 324 valence electrons. The third-order valence-electron chi connectivity index (χ3n) is 13.6. The van der Waals surface area contributed by atoms with Crippen molar-refractivity contribution < 1.29 is 52.8 Å². The van der Waals surface area contributed by atoms with E-state index in [2.05, 4.69) is 177 Å². The number of aryl methyl sites for hydroxylation is 4. The summed E-state index contributed by atoms with van der Waals surface area (Å²) in [6, 6.07) is 24.5. The van der Waals surface area contributed by atoms with Crippen LogP contribution in [0.25, 0.3) is 45.5 Å². The molecule has 62 heavy (non-hydrogen) atoms. The molecule has 0 aromatic heterocycles. The van der Waals surface area contributed by atoms with Crippen LogP contribution in [0.3, 0.4) is 0 Å². The van der Waals surface area contributed by atoms with Crippen LogP contribution in [0.4, 0.5) is 0 Å². The Balaban J connectivity index is 0.00000321. The first-order valence-corrected chi connectivity index (χ1v) is 25.3. The van der Waals surface area contributed by atoms with Crippen LogP contribution >= 0.6 is 0 Å². The molecule has 2 atom stereocenters. The SMILES string of the molecule is COc1c(C(C)(C)C)cc2c(c1-c1cc(C(C)(C)C)cc(C(C)(C)C)c1)C=C(C)[CH]2[Zr+2][CH]1C(C)=Cc2c(-c3cc(C)cc(C)c3)c3c(c(-c4cc(C)cc(C)c4)c21)CCC3.[Cl-].[Cl-]. The molecule has 0 fully saturated rings. The van der Waals surface area contributed by atoms with Crippen molar-refractivity contribution in [2.24, 2.45) is 0 Å². The van der Waals surface area contributed by atoms with E-state index in [9.17, 15) is 0 Å². The van der Waals surface area contributed by atoms with E-state index in [1.807, 2.05) is 7.11 Å². The molecule has 0 spiro atoms. The fraction of sp³-hybridized carbons (Fsp3) is 0.414. The monoisotopic (exact) mass is 940 g/mol. The fourth-order valence-corrected chi connectivity index (χ4v) is 15.4. The van der Waals surface area contributed by atoms with Crippen LogP contribution in [-0.2, 0) is 52.3 Å². The summed E-state index contributed by atoms with van der Waals surface area (Å²) in [5, 5.41) is 0. The van der Waals surface area contributed by atoms with E-state index in [1.54, 1.807) is 27.8 Å². The van der Waals surface area contributed by atoms with Gasteiger partial charge in [-0.3, -0.25) is 0 Å². The number of halogens is 2. The van der Waals surface area contributed by atoms with Crippen LogP contribution in [0.1, 0.15) is 162 Å². The van der Waals surface area contributed by atoms with Crippen molar-refractivity contribution in [2.75, 3.05) is 7.11 Å². The molecule has 3 aliphatic carbocycles. The molecule has 2 unspecified atom stereocenters. The summed E-state index contributed by atoms with van der Waals surface area (Å²) >= 11 is -1.25. The Bertz CT molecular complexity index is 2580. The Morgan fingerprint density at radius 1 is 0.500 bits per heavy atom. The van der Waals surface area contributed by atoms with Gasteiger partial charge in [0.2, 0.25) is 0 Å². The van der Waals surface area contributed by atoms with Crippen molar-refractivity contribution >= 4 is 12.2 Å². The van der Waals surface area contributed by atoms with Gasteiger partial charge in [0.15, 0.2) is 0 Å². The number of rotatable bonds is 6. The van der Waals surface area contributed by atoms with Gasteiger partial charge in [-0.2, -0.15) is 0 Å². The molecule has 3 aliphatic rings. The maximum atomic E-state index is 6.58. The van der Waals surface area contributed by atoms with Crippen molar-refractivity contribution in [2.45, 2.75) is 147 Å². The summed E-state index contributed by atoms with van der Waals surface area (Å²) in [6.07, 6.45) is 8.75. The van der Waals surface area contributed by atoms with Gasteiger partial charge in [-0.15, -0.1) is 0 Å². The minimum absolute atomic E-state index is 0. The van der Waals surface area contributed by atoms with Crippen molar-refractivity contribution in [3.8, 4) is 39.1 Å². The summed E-state index contributed by atoms with van der Waals surface area (Å²) < 4.78 is 7.49. The van der Waals surface area contributed by atoms with E-state index < -0.39 is 23.2 Å². The van der Waals surface area contributed by atoms with Crippen LogP contribution in [0.5, 0.6) is 5.75 Å². The number of methoxy groups -OCH3 is 1. The predicted octanol–water partition coefficient (Wildman–Crippen LogP) is 10.0. The molecule has 0 saturated carbocycles. The van der Waals surface area contributed by atoms with Gasteiger partial charge in [-0.1, -0.05) is 0 Å². The molecule has 0 bridgehead atoms. The fourth-order valence-electron chi connectivity index (χ4n) is 10.7. The van der Waals surface area contributed by atoms with E-state index in [0.717, 1.165) is 18.6 Å². The van der Waals surface area contributed by atoms with Gasteiger partial charge in [0.25, 0.3) is 0 Å². The molecule has 1 nitrogen and oxygen atoms in total.